The van der Waals surface area contributed by atoms with Crippen LogP contribution in [0.25, 0.3) is 0 Å². The van der Waals surface area contributed by atoms with E-state index in [1.807, 2.05) is 59.7 Å². The molecule has 0 amide bonds. The van der Waals surface area contributed by atoms with Crippen LogP contribution >= 0.6 is 0 Å². The average molecular weight is 1020 g/mol. The Morgan fingerprint density at radius 1 is 0.766 bits per heavy atom. The smallest absolute Gasteiger partial charge is 0.481 e. The second-order valence-electron chi connectivity index (χ2n) is 13.6. The first-order valence-electron chi connectivity index (χ1n) is 23.8. The van der Waals surface area contributed by atoms with Gasteiger partial charge in [0.15, 0.2) is 6.29 Å². The molecular formula is C49H107CoN3O7Si4. The summed E-state index contributed by atoms with van der Waals surface area (Å²) in [6.45, 7) is 27.8. The Morgan fingerprint density at radius 2 is 1.17 bits per heavy atom. The van der Waals surface area contributed by atoms with Crippen molar-refractivity contribution >= 4 is 57.6 Å². The fraction of sp³-hybridized carbons (Fsp3) is 0.714. The monoisotopic (exact) mass is 1020 g/mol. The third-order valence-corrected chi connectivity index (χ3v) is 11.2. The van der Waals surface area contributed by atoms with E-state index in [4.69, 9.17) is 28.6 Å². The molecule has 0 unspecified atom stereocenters. The van der Waals surface area contributed by atoms with Crippen molar-refractivity contribution in [3.8, 4) is 0 Å². The van der Waals surface area contributed by atoms with Crippen LogP contribution in [0.5, 0.6) is 0 Å². The van der Waals surface area contributed by atoms with Gasteiger partial charge in [0.05, 0.1) is 22.8 Å². The molecule has 1 radical (unpaired) electrons. The van der Waals surface area contributed by atoms with Gasteiger partial charge in [0.25, 0.3) is 0 Å². The van der Waals surface area contributed by atoms with Crippen molar-refractivity contribution in [1.82, 2.24) is 4.98 Å². The number of carbonyl (C=O) groups is 1. The van der Waals surface area contributed by atoms with Gasteiger partial charge in [-0.2, -0.15) is 0 Å². The van der Waals surface area contributed by atoms with Gasteiger partial charge in [0.2, 0.25) is 0 Å². The summed E-state index contributed by atoms with van der Waals surface area (Å²) in [7, 11) is 5.73. The van der Waals surface area contributed by atoms with E-state index in [2.05, 4.69) is 80.1 Å². The van der Waals surface area contributed by atoms with E-state index < -0.39 is 21.8 Å². The van der Waals surface area contributed by atoms with Gasteiger partial charge in [0.1, 0.15) is 0 Å². The Bertz CT molecular complexity index is 1070. The number of aliphatic hydroxyl groups is 2. The molecule has 0 saturated carbocycles. The molecule has 1 aromatic rings. The van der Waals surface area contributed by atoms with Crippen molar-refractivity contribution < 1.29 is 50.2 Å². The Balaban J connectivity index is -0.0000000798. The van der Waals surface area contributed by atoms with Crippen LogP contribution in [0.15, 0.2) is 64.8 Å². The van der Waals surface area contributed by atoms with E-state index in [-0.39, 0.29) is 24.2 Å². The first-order chi connectivity index (χ1) is 29.7. The van der Waals surface area contributed by atoms with Crippen LogP contribution in [0.3, 0.4) is 0 Å². The minimum atomic E-state index is -1.73. The molecule has 385 valence electrons. The number of pyridine rings is 1. The summed E-state index contributed by atoms with van der Waals surface area (Å²) in [5.41, 5.74) is 5.90. The maximum atomic E-state index is 10.0. The van der Waals surface area contributed by atoms with E-state index in [0.717, 1.165) is 48.5 Å². The topological polar surface area (TPSA) is 143 Å². The molecule has 0 aliphatic heterocycles. The SMILES string of the molecule is C.C=CC.CC=CC[SiH3].CCC=C[SiH3].CCCCCCCC(=O)O.CCCCCCCC(O)O.CCCC[SiH3].CCO[SiH](OCC)OCC.CN=C(C)c1cccc(C(C)=NC)n1.[Co]. The van der Waals surface area contributed by atoms with Crippen molar-refractivity contribution in [2.45, 2.75) is 198 Å². The van der Waals surface area contributed by atoms with E-state index in [9.17, 15) is 4.79 Å². The van der Waals surface area contributed by atoms with Crippen molar-refractivity contribution in [3.63, 3.8) is 0 Å². The third kappa shape index (κ3) is 87.3. The molecule has 64 heavy (non-hydrogen) atoms. The number of aliphatic hydroxyl groups excluding tert-OH is 1. The number of carboxylic acid groups (broad SMARTS) is 1. The molecule has 0 saturated heterocycles. The van der Waals surface area contributed by atoms with E-state index in [0.29, 0.717) is 32.7 Å². The van der Waals surface area contributed by atoms with Gasteiger partial charge >= 0.3 is 15.5 Å². The fourth-order valence-corrected chi connectivity index (χ4v) is 7.01. The van der Waals surface area contributed by atoms with Gasteiger partial charge < -0.3 is 28.6 Å². The van der Waals surface area contributed by atoms with E-state index in [1.54, 1.807) is 20.2 Å². The zero-order valence-corrected chi connectivity index (χ0v) is 52.0. The molecule has 0 aliphatic carbocycles. The van der Waals surface area contributed by atoms with Gasteiger partial charge in [-0.15, -0.1) is 12.3 Å². The molecule has 0 spiro atoms. The quantitative estimate of drug-likeness (QED) is 0.0306. The number of hydrogen-bond acceptors (Lipinski definition) is 9. The van der Waals surface area contributed by atoms with E-state index in [1.165, 1.54) is 101 Å². The molecule has 0 aromatic carbocycles. The molecule has 0 aliphatic rings. The fourth-order valence-electron chi connectivity index (χ4n) is 4.25. The number of nitrogens with zero attached hydrogens (tertiary/aromatic N) is 3. The van der Waals surface area contributed by atoms with Crippen molar-refractivity contribution in [3.05, 3.63) is 66.2 Å². The zero-order chi connectivity index (χ0) is 49.1. The maximum absolute atomic E-state index is 10.0. The number of hydrogen-bond donors (Lipinski definition) is 3. The van der Waals surface area contributed by atoms with Crippen molar-refractivity contribution in [2.75, 3.05) is 33.9 Å². The number of aromatic nitrogens is 1. The van der Waals surface area contributed by atoms with Crippen LogP contribution in [-0.4, -0.2) is 118 Å². The van der Waals surface area contributed by atoms with Crippen LogP contribution in [-0.2, 0) is 34.9 Å². The third-order valence-electron chi connectivity index (χ3n) is 7.78. The van der Waals surface area contributed by atoms with Gasteiger partial charge in [-0.3, -0.25) is 14.8 Å². The molecule has 1 aromatic heterocycles. The first-order valence-corrected chi connectivity index (χ1v) is 29.2. The summed E-state index contributed by atoms with van der Waals surface area (Å²) < 4.78 is 15.7. The van der Waals surface area contributed by atoms with Gasteiger partial charge in [-0.25, -0.2) is 4.98 Å². The Labute approximate surface area is 419 Å². The number of rotatable bonds is 24. The summed E-state index contributed by atoms with van der Waals surface area (Å²) in [5.74, 6) is -0.670. The first kappa shape index (κ1) is 82.5. The number of aliphatic imine (C=N–C) groups is 2. The van der Waals surface area contributed by atoms with Crippen molar-refractivity contribution in [1.29, 1.82) is 0 Å². The Hall–Kier alpha value is -1.65. The predicted octanol–water partition coefficient (Wildman–Crippen LogP) is 9.88. The largest absolute Gasteiger partial charge is 0.484 e. The van der Waals surface area contributed by atoms with Crippen LogP contribution in [0.2, 0.25) is 12.1 Å². The van der Waals surface area contributed by atoms with Crippen LogP contribution in [0.1, 0.15) is 191 Å². The summed E-state index contributed by atoms with van der Waals surface area (Å²) in [6.07, 6.45) is 23.4. The number of unbranched alkanes of at least 4 members (excludes halogenated alkanes) is 9. The van der Waals surface area contributed by atoms with E-state index >= 15 is 0 Å². The minimum Gasteiger partial charge on any atom is -0.481 e. The molecule has 1 heterocycles. The standard InChI is InChI=1S/C11H15N3.C8H18O2.C8H16O2.C6H16O3Si.C4H12Si.2C4H10Si.C3H6.CH4.Co/c1-8(12-3)10-6-5-7-11(14-10)9(2)13-4;2*1-2-3-4-5-6-7-8(9)10;1-4-7-10(8-5-2)9-6-3;3*1-2-3-4-5;1-3-2;;/h5-7H,1-4H3;8-10H,2-7H2,1H3;2-7H2,1H3,(H,9,10);10H,4-6H2,1-3H3;2-4H2,1,5H3;3-4H,2H2,1,5H3;2-3H,4H2,1,5H3;3H,1H2,2H3;1H4;. The second-order valence-corrected chi connectivity index (χ2v) is 17.7. The molecule has 15 heteroatoms. The summed E-state index contributed by atoms with van der Waals surface area (Å²) in [6, 6.07) is 8.66. The summed E-state index contributed by atoms with van der Waals surface area (Å²) >= 11 is 0. The normalized spacial score (nSPS) is 10.3. The molecular weight excluding hydrogens is 914 g/mol. The average Bonchev–Trinajstić information content (AvgIpc) is 3.25. The van der Waals surface area contributed by atoms with Crippen molar-refractivity contribution in [2.24, 2.45) is 9.98 Å². The molecule has 0 fully saturated rings. The minimum absolute atomic E-state index is 0. The molecule has 10 nitrogen and oxygen atoms in total. The molecule has 3 N–H and O–H groups in total. The molecule has 0 atom stereocenters. The Kier molecular flexibility index (Phi) is 101. The predicted molar refractivity (Wildman–Crippen MR) is 296 cm³/mol. The molecule has 0 bridgehead atoms. The number of allylic oxidation sites excluding steroid dienone is 4. The van der Waals surface area contributed by atoms with Gasteiger partial charge in [-0.05, 0) is 92.3 Å². The maximum Gasteiger partial charge on any atom is 0.484 e. The zero-order valence-electron chi connectivity index (χ0n) is 43.8. The van der Waals surface area contributed by atoms with Gasteiger partial charge in [0, 0.05) is 87.8 Å². The summed E-state index contributed by atoms with van der Waals surface area (Å²) in [4.78, 5) is 22.7. The van der Waals surface area contributed by atoms with Crippen LogP contribution in [0.4, 0.5) is 0 Å². The number of carboxylic acids is 1. The second kappa shape index (κ2) is 78.5. The Morgan fingerprint density at radius 3 is 1.41 bits per heavy atom. The van der Waals surface area contributed by atoms with Crippen LogP contribution in [0, 0.1) is 0 Å². The molecule has 1 rings (SSSR count). The van der Waals surface area contributed by atoms with Crippen LogP contribution < -0.4 is 0 Å². The van der Waals surface area contributed by atoms with Gasteiger partial charge in [-0.1, -0.05) is 136 Å². The summed E-state index contributed by atoms with van der Waals surface area (Å²) in [5, 5.41) is 25.2. The number of aliphatic carboxylic acids is 1.